The predicted octanol–water partition coefficient (Wildman–Crippen LogP) is 2.58. The second-order valence-corrected chi connectivity index (χ2v) is 2.52. The summed E-state index contributed by atoms with van der Waals surface area (Å²) >= 11 is 0. The van der Waals surface area contributed by atoms with Gasteiger partial charge in [0.1, 0.15) is 6.17 Å². The van der Waals surface area contributed by atoms with Crippen molar-refractivity contribution in [2.45, 2.75) is 26.9 Å². The molecule has 2 atom stereocenters. The van der Waals surface area contributed by atoms with Crippen LogP contribution in [0.1, 0.15) is 20.8 Å². The molecule has 0 aliphatic rings. The lowest BCUT2D eigenvalue weighted by Gasteiger charge is -2.11. The molecular formula is C8H14FN. The Balaban J connectivity index is 4.06. The molecule has 0 aromatic heterocycles. The summed E-state index contributed by atoms with van der Waals surface area (Å²) in [6.07, 6.45) is 0.791. The van der Waals surface area contributed by atoms with Crippen molar-refractivity contribution in [2.75, 3.05) is 0 Å². The Hall–Kier alpha value is -0.660. The molecule has 0 saturated heterocycles. The molecule has 0 aliphatic heterocycles. The van der Waals surface area contributed by atoms with Crippen LogP contribution in [0.3, 0.4) is 0 Å². The van der Waals surface area contributed by atoms with Gasteiger partial charge in [0, 0.05) is 12.1 Å². The zero-order valence-electron chi connectivity index (χ0n) is 6.76. The van der Waals surface area contributed by atoms with Gasteiger partial charge in [0.15, 0.2) is 0 Å². The van der Waals surface area contributed by atoms with Crippen LogP contribution in [0, 0.1) is 5.92 Å². The summed E-state index contributed by atoms with van der Waals surface area (Å²) in [4.78, 5) is 3.56. The Morgan fingerprint density at radius 2 is 2.10 bits per heavy atom. The molecule has 0 rings (SSSR count). The molecule has 0 aliphatic carbocycles. The zero-order chi connectivity index (χ0) is 8.15. The van der Waals surface area contributed by atoms with Crippen LogP contribution in [0.2, 0.25) is 0 Å². The molecule has 58 valence electrons. The van der Waals surface area contributed by atoms with E-state index in [-0.39, 0.29) is 5.92 Å². The third-order valence-electron chi connectivity index (χ3n) is 1.70. The maximum absolute atomic E-state index is 12.6. The van der Waals surface area contributed by atoms with Crippen LogP contribution in [-0.2, 0) is 0 Å². The molecule has 0 aromatic rings. The maximum Gasteiger partial charge on any atom is 0.104 e. The van der Waals surface area contributed by atoms with Crippen molar-refractivity contribution < 1.29 is 4.39 Å². The summed E-state index contributed by atoms with van der Waals surface area (Å²) in [5, 5.41) is 0. The smallest absolute Gasteiger partial charge is 0.104 e. The molecular weight excluding hydrogens is 129 g/mol. The first-order chi connectivity index (χ1) is 4.59. The number of rotatable bonds is 3. The highest BCUT2D eigenvalue weighted by Crippen LogP contribution is 2.16. The van der Waals surface area contributed by atoms with Crippen LogP contribution in [-0.4, -0.2) is 12.9 Å². The standard InChI is InChI=1S/C8H14FN/c1-6(5-10-4)7(2)8(3)9/h5,7-8H,4H2,1-3H3/b6-5-. The molecule has 0 fully saturated rings. The fourth-order valence-corrected chi connectivity index (χ4v) is 0.624. The molecule has 1 nitrogen and oxygen atoms in total. The van der Waals surface area contributed by atoms with Gasteiger partial charge in [-0.05, 0) is 26.1 Å². The number of nitrogens with zero attached hydrogens (tertiary/aromatic N) is 1. The zero-order valence-corrected chi connectivity index (χ0v) is 6.76. The van der Waals surface area contributed by atoms with Crippen molar-refractivity contribution in [1.82, 2.24) is 0 Å². The Bertz CT molecular complexity index is 138. The molecule has 10 heavy (non-hydrogen) atoms. The van der Waals surface area contributed by atoms with Crippen molar-refractivity contribution in [3.63, 3.8) is 0 Å². The van der Waals surface area contributed by atoms with Gasteiger partial charge in [0.2, 0.25) is 0 Å². The fourth-order valence-electron chi connectivity index (χ4n) is 0.624. The number of alkyl halides is 1. The predicted molar refractivity (Wildman–Crippen MR) is 43.0 cm³/mol. The molecule has 0 bridgehead atoms. The first kappa shape index (κ1) is 9.34. The topological polar surface area (TPSA) is 12.4 Å². The van der Waals surface area contributed by atoms with E-state index in [1.807, 2.05) is 13.8 Å². The molecule has 0 heterocycles. The van der Waals surface area contributed by atoms with Gasteiger partial charge in [-0.25, -0.2) is 4.39 Å². The summed E-state index contributed by atoms with van der Waals surface area (Å²) in [6.45, 7) is 8.53. The van der Waals surface area contributed by atoms with E-state index in [9.17, 15) is 4.39 Å². The molecule has 0 spiro atoms. The van der Waals surface area contributed by atoms with Gasteiger partial charge in [-0.1, -0.05) is 6.92 Å². The van der Waals surface area contributed by atoms with E-state index in [2.05, 4.69) is 11.7 Å². The van der Waals surface area contributed by atoms with Gasteiger partial charge in [0.25, 0.3) is 0 Å². The van der Waals surface area contributed by atoms with E-state index in [0.717, 1.165) is 5.57 Å². The summed E-state index contributed by atoms with van der Waals surface area (Å²) in [5.41, 5.74) is 0.935. The first-order valence-corrected chi connectivity index (χ1v) is 3.36. The second-order valence-electron chi connectivity index (χ2n) is 2.52. The van der Waals surface area contributed by atoms with Crippen molar-refractivity contribution >= 4 is 6.72 Å². The van der Waals surface area contributed by atoms with Gasteiger partial charge >= 0.3 is 0 Å². The van der Waals surface area contributed by atoms with Crippen molar-refractivity contribution in [1.29, 1.82) is 0 Å². The third-order valence-corrected chi connectivity index (χ3v) is 1.70. The second kappa shape index (κ2) is 4.20. The van der Waals surface area contributed by atoms with Crippen molar-refractivity contribution in [2.24, 2.45) is 10.9 Å². The van der Waals surface area contributed by atoms with Gasteiger partial charge in [-0.15, -0.1) is 0 Å². The minimum absolute atomic E-state index is 0.0505. The van der Waals surface area contributed by atoms with Crippen LogP contribution in [0.25, 0.3) is 0 Å². The van der Waals surface area contributed by atoms with Gasteiger partial charge < -0.3 is 0 Å². The summed E-state index contributed by atoms with van der Waals surface area (Å²) < 4.78 is 12.6. The summed E-state index contributed by atoms with van der Waals surface area (Å²) in [7, 11) is 0. The molecule has 0 radical (unpaired) electrons. The lowest BCUT2D eigenvalue weighted by molar-refractivity contribution is 0.291. The highest BCUT2D eigenvalue weighted by atomic mass is 19.1. The quantitative estimate of drug-likeness (QED) is 0.538. The van der Waals surface area contributed by atoms with Gasteiger partial charge in [0.05, 0.1) is 0 Å². The summed E-state index contributed by atoms with van der Waals surface area (Å²) in [5.74, 6) is -0.0505. The van der Waals surface area contributed by atoms with E-state index in [1.54, 1.807) is 13.1 Å². The van der Waals surface area contributed by atoms with E-state index in [4.69, 9.17) is 0 Å². The molecule has 2 heteroatoms. The SMILES string of the molecule is C=N/C=C(/C)C(C)C(C)F. The number of hydrogen-bond acceptors (Lipinski definition) is 1. The number of halogens is 1. The monoisotopic (exact) mass is 143 g/mol. The molecule has 0 amide bonds. The number of aliphatic imine (C=N–C) groups is 1. The van der Waals surface area contributed by atoms with E-state index >= 15 is 0 Å². The van der Waals surface area contributed by atoms with Crippen LogP contribution >= 0.6 is 0 Å². The minimum atomic E-state index is -0.807. The highest BCUT2D eigenvalue weighted by molar-refractivity contribution is 5.26. The lowest BCUT2D eigenvalue weighted by atomic mass is 10.00. The number of allylic oxidation sites excluding steroid dienone is 1. The van der Waals surface area contributed by atoms with Crippen molar-refractivity contribution in [3.8, 4) is 0 Å². The first-order valence-electron chi connectivity index (χ1n) is 3.36. The average molecular weight is 143 g/mol. The third kappa shape index (κ3) is 2.76. The van der Waals surface area contributed by atoms with E-state index in [1.165, 1.54) is 0 Å². The van der Waals surface area contributed by atoms with Crippen LogP contribution in [0.4, 0.5) is 4.39 Å². The average Bonchev–Trinajstić information content (AvgIpc) is 1.87. The van der Waals surface area contributed by atoms with E-state index in [0.29, 0.717) is 0 Å². The van der Waals surface area contributed by atoms with E-state index < -0.39 is 6.17 Å². The molecule has 2 unspecified atom stereocenters. The largest absolute Gasteiger partial charge is 0.273 e. The van der Waals surface area contributed by atoms with Crippen LogP contribution in [0.5, 0.6) is 0 Å². The summed E-state index contributed by atoms with van der Waals surface area (Å²) in [6, 6.07) is 0. The Labute approximate surface area is 61.7 Å². The van der Waals surface area contributed by atoms with Crippen molar-refractivity contribution in [3.05, 3.63) is 11.8 Å². The van der Waals surface area contributed by atoms with Gasteiger partial charge in [-0.2, -0.15) is 0 Å². The normalized spacial score (nSPS) is 18.2. The molecule has 0 aromatic carbocycles. The Morgan fingerprint density at radius 1 is 1.60 bits per heavy atom. The minimum Gasteiger partial charge on any atom is -0.273 e. The fraction of sp³-hybridized carbons (Fsp3) is 0.625. The number of hydrogen-bond donors (Lipinski definition) is 0. The Kier molecular flexibility index (Phi) is 3.93. The highest BCUT2D eigenvalue weighted by Gasteiger charge is 2.11. The lowest BCUT2D eigenvalue weighted by Crippen LogP contribution is -2.08. The molecule has 0 N–H and O–H groups in total. The van der Waals surface area contributed by atoms with Crippen LogP contribution in [0.15, 0.2) is 16.8 Å². The maximum atomic E-state index is 12.6. The molecule has 0 saturated carbocycles. The van der Waals surface area contributed by atoms with Gasteiger partial charge in [-0.3, -0.25) is 4.99 Å². The van der Waals surface area contributed by atoms with Crippen LogP contribution < -0.4 is 0 Å². The Morgan fingerprint density at radius 3 is 2.40 bits per heavy atom.